The van der Waals surface area contributed by atoms with Crippen LogP contribution in [0.3, 0.4) is 0 Å². The Balaban J connectivity index is 0.000000354. The van der Waals surface area contributed by atoms with Gasteiger partial charge in [0.15, 0.2) is 0 Å². The van der Waals surface area contributed by atoms with Gasteiger partial charge in [-0.2, -0.15) is 0 Å². The molecular formula is C8H12N4. The average Bonchev–Trinajstić information content (AvgIpc) is 2.07. The fourth-order valence-electron chi connectivity index (χ4n) is 0.771. The molecule has 64 valence electrons. The van der Waals surface area contributed by atoms with Crippen molar-refractivity contribution in [3.8, 4) is 0 Å². The van der Waals surface area contributed by atoms with E-state index in [4.69, 9.17) is 11.1 Å². The molecule has 12 heavy (non-hydrogen) atoms. The second-order valence-corrected chi connectivity index (χ2v) is 2.46. The lowest BCUT2D eigenvalue weighted by atomic mass is 10.3. The van der Waals surface area contributed by atoms with Crippen molar-refractivity contribution in [1.29, 1.82) is 0 Å². The second-order valence-electron chi connectivity index (χ2n) is 2.46. The van der Waals surface area contributed by atoms with E-state index in [-0.39, 0.29) is 0 Å². The fourth-order valence-corrected chi connectivity index (χ4v) is 0.771. The number of nitrogens with one attached hydrogen (secondary N) is 1. The summed E-state index contributed by atoms with van der Waals surface area (Å²) in [6.07, 6.45) is 0. The number of benzene rings is 1. The van der Waals surface area contributed by atoms with Crippen LogP contribution in [0, 0.1) is 0 Å². The minimum Gasteiger partial charge on any atom is -0.373 e. The van der Waals surface area contributed by atoms with Crippen LogP contribution in [0.25, 0.3) is 16.0 Å². The summed E-state index contributed by atoms with van der Waals surface area (Å²) >= 11 is 0. The molecule has 0 fully saturated rings. The number of nitrogens with zero attached hydrogens (tertiary/aromatic N) is 3. The highest BCUT2D eigenvalue weighted by Gasteiger charge is 1.93. The quantitative estimate of drug-likeness (QED) is 0.370. The van der Waals surface area contributed by atoms with E-state index < -0.39 is 0 Å². The molecule has 1 N–H and O–H groups in total. The molecule has 0 bridgehead atoms. The Morgan fingerprint density at radius 2 is 1.50 bits per heavy atom. The number of rotatable bonds is 1. The van der Waals surface area contributed by atoms with Gasteiger partial charge in [-0.25, -0.2) is 0 Å². The topological polar surface area (TPSA) is 63.1 Å². The molecule has 4 heteroatoms. The van der Waals surface area contributed by atoms with Crippen molar-refractivity contribution in [2.75, 3.05) is 14.1 Å². The Bertz CT molecular complexity index is 236. The van der Waals surface area contributed by atoms with Crippen molar-refractivity contribution in [2.24, 2.45) is 0 Å². The van der Waals surface area contributed by atoms with Crippen LogP contribution in [0.2, 0.25) is 0 Å². The van der Waals surface area contributed by atoms with Crippen molar-refractivity contribution in [2.45, 2.75) is 0 Å². The molecule has 4 nitrogen and oxygen atoms in total. The monoisotopic (exact) mass is 164 g/mol. The molecule has 0 aliphatic rings. The summed E-state index contributed by atoms with van der Waals surface area (Å²) in [5, 5.41) is 0. The molecule has 1 aromatic rings. The summed E-state index contributed by atoms with van der Waals surface area (Å²) < 4.78 is 0. The van der Waals surface area contributed by atoms with Gasteiger partial charge in [0.05, 0.1) is 14.1 Å². The second kappa shape index (κ2) is 6.22. The maximum atomic E-state index is 6.75. The highest BCUT2D eigenvalue weighted by Crippen LogP contribution is 1.95. The van der Waals surface area contributed by atoms with Gasteiger partial charge in [0.1, 0.15) is 5.69 Å². The zero-order valence-electron chi connectivity index (χ0n) is 7.23. The molecule has 0 atom stereocenters. The van der Waals surface area contributed by atoms with Crippen LogP contribution in [0.4, 0.5) is 5.69 Å². The van der Waals surface area contributed by atoms with Gasteiger partial charge in [-0.05, 0) is 12.1 Å². The van der Waals surface area contributed by atoms with Crippen LogP contribution < -0.4 is 4.90 Å². The molecule has 0 saturated carbocycles. The summed E-state index contributed by atoms with van der Waals surface area (Å²) in [6.45, 7) is 0. The highest BCUT2D eigenvalue weighted by molar-refractivity contribution is 5.27. The Morgan fingerprint density at radius 3 is 1.75 bits per heavy atom. The first-order valence-corrected chi connectivity index (χ1v) is 3.56. The van der Waals surface area contributed by atoms with E-state index in [1.807, 2.05) is 6.07 Å². The van der Waals surface area contributed by atoms with E-state index in [9.17, 15) is 0 Å². The van der Waals surface area contributed by atoms with Crippen molar-refractivity contribution < 1.29 is 4.90 Å². The normalized spacial score (nSPS) is 8.25. The minimum atomic E-state index is 1.33. The smallest absolute Gasteiger partial charge is 0.130 e. The largest absolute Gasteiger partial charge is 0.373 e. The van der Waals surface area contributed by atoms with Crippen molar-refractivity contribution in [1.82, 2.24) is 0 Å². The summed E-state index contributed by atoms with van der Waals surface area (Å²) in [4.78, 5) is 2.87. The molecule has 0 aliphatic heterocycles. The Morgan fingerprint density at radius 1 is 1.08 bits per heavy atom. The van der Waals surface area contributed by atoms with Crippen molar-refractivity contribution >= 4 is 5.69 Å². The van der Waals surface area contributed by atoms with E-state index in [2.05, 4.69) is 38.4 Å². The third kappa shape index (κ3) is 4.33. The van der Waals surface area contributed by atoms with Crippen LogP contribution in [-0.2, 0) is 0 Å². The SMILES string of the molecule is C[NH+](C)c1ccccc1.[N-]=[N+]=[N-]. The molecule has 0 unspecified atom stereocenters. The van der Waals surface area contributed by atoms with E-state index in [0.717, 1.165) is 0 Å². The maximum absolute atomic E-state index is 6.75. The van der Waals surface area contributed by atoms with Gasteiger partial charge in [0.2, 0.25) is 0 Å². The van der Waals surface area contributed by atoms with Crippen LogP contribution in [-0.4, -0.2) is 14.1 Å². The predicted molar refractivity (Wildman–Crippen MR) is 49.0 cm³/mol. The summed E-state index contributed by atoms with van der Waals surface area (Å²) in [7, 11) is 4.24. The van der Waals surface area contributed by atoms with Gasteiger partial charge in [-0.3, -0.25) is 4.91 Å². The number of quaternary nitrogens is 1. The number of para-hydroxylation sites is 1. The number of hydrogen-bond acceptors (Lipinski definition) is 0. The number of hydrogen-bond donors (Lipinski definition) is 1. The minimum absolute atomic E-state index is 1.33. The first kappa shape index (κ1) is 10.5. The van der Waals surface area contributed by atoms with Crippen LogP contribution in [0.5, 0.6) is 0 Å². The van der Waals surface area contributed by atoms with Gasteiger partial charge in [-0.15, -0.1) is 0 Å². The standard InChI is InChI=1S/C8H11N.N3/c1-9(2)8-6-4-3-5-7-8;1-3-2/h3-7H,1-2H3;/q;-1/p+1. The van der Waals surface area contributed by atoms with Crippen LogP contribution in [0.1, 0.15) is 0 Å². The fraction of sp³-hybridized carbons (Fsp3) is 0.250. The molecule has 0 radical (unpaired) electrons. The molecule has 0 spiro atoms. The van der Waals surface area contributed by atoms with Crippen molar-refractivity contribution in [3.63, 3.8) is 0 Å². The van der Waals surface area contributed by atoms with Crippen LogP contribution in [0.15, 0.2) is 30.3 Å². The van der Waals surface area contributed by atoms with Crippen molar-refractivity contribution in [3.05, 3.63) is 46.3 Å². The predicted octanol–water partition coefficient (Wildman–Crippen LogP) is 1.33. The molecular weight excluding hydrogens is 152 g/mol. The van der Waals surface area contributed by atoms with E-state index >= 15 is 0 Å². The molecule has 0 saturated heterocycles. The van der Waals surface area contributed by atoms with Gasteiger partial charge < -0.3 is 16.0 Å². The first-order valence-electron chi connectivity index (χ1n) is 3.56. The first-order chi connectivity index (χ1) is 5.72. The Hall–Kier alpha value is -1.51. The zero-order chi connectivity index (χ0) is 9.40. The highest BCUT2D eigenvalue weighted by atomic mass is 15.1. The Labute approximate surface area is 71.9 Å². The lowest BCUT2D eigenvalue weighted by Crippen LogP contribution is -3.00. The molecule has 0 aliphatic carbocycles. The van der Waals surface area contributed by atoms with E-state index in [0.29, 0.717) is 0 Å². The molecule has 1 aromatic carbocycles. The maximum Gasteiger partial charge on any atom is 0.130 e. The zero-order valence-corrected chi connectivity index (χ0v) is 7.23. The van der Waals surface area contributed by atoms with E-state index in [1.54, 1.807) is 0 Å². The Kier molecular flexibility index (Phi) is 5.43. The molecule has 0 aromatic heterocycles. The van der Waals surface area contributed by atoms with E-state index in [1.165, 1.54) is 15.5 Å². The van der Waals surface area contributed by atoms with Gasteiger partial charge in [0.25, 0.3) is 0 Å². The molecule has 1 rings (SSSR count). The molecule has 0 heterocycles. The molecule has 0 amide bonds. The third-order valence-electron chi connectivity index (χ3n) is 1.35. The van der Waals surface area contributed by atoms with Crippen LogP contribution >= 0.6 is 0 Å². The lowest BCUT2D eigenvalue weighted by Gasteiger charge is -2.03. The lowest BCUT2D eigenvalue weighted by molar-refractivity contribution is -0.786. The van der Waals surface area contributed by atoms with Gasteiger partial charge >= 0.3 is 0 Å². The summed E-state index contributed by atoms with van der Waals surface area (Å²) in [5.41, 5.74) is 14.8. The summed E-state index contributed by atoms with van der Waals surface area (Å²) in [5.74, 6) is 0. The summed E-state index contributed by atoms with van der Waals surface area (Å²) in [6, 6.07) is 10.4. The van der Waals surface area contributed by atoms with Gasteiger partial charge in [-0.1, -0.05) is 18.2 Å². The third-order valence-corrected chi connectivity index (χ3v) is 1.35. The average molecular weight is 164 g/mol. The van der Waals surface area contributed by atoms with Gasteiger partial charge in [0, 0.05) is 0 Å².